The number of thioether (sulfide) groups is 1. The molecule has 154 valence electrons. The summed E-state index contributed by atoms with van der Waals surface area (Å²) >= 11 is 1.81. The maximum Gasteiger partial charge on any atom is 0.257 e. The summed E-state index contributed by atoms with van der Waals surface area (Å²) in [5.74, 6) is 1.40. The third kappa shape index (κ3) is 3.30. The minimum absolute atomic E-state index is 0.0363. The van der Waals surface area contributed by atoms with Gasteiger partial charge >= 0.3 is 0 Å². The number of carbonyl (C=O) groups is 1. The molecule has 0 bridgehead atoms. The highest BCUT2D eigenvalue weighted by Crippen LogP contribution is 2.40. The second-order valence-electron chi connectivity index (χ2n) is 7.61. The van der Waals surface area contributed by atoms with E-state index in [0.29, 0.717) is 11.5 Å². The molecule has 0 unspecified atom stereocenters. The first-order chi connectivity index (χ1) is 14.7. The zero-order chi connectivity index (χ0) is 20.7. The highest BCUT2D eigenvalue weighted by atomic mass is 32.2. The molecule has 0 atom stereocenters. The van der Waals surface area contributed by atoms with E-state index < -0.39 is 0 Å². The van der Waals surface area contributed by atoms with Crippen LogP contribution in [0.5, 0.6) is 0 Å². The average molecular weight is 421 g/mol. The van der Waals surface area contributed by atoms with Crippen LogP contribution in [-0.4, -0.2) is 68.2 Å². The van der Waals surface area contributed by atoms with Gasteiger partial charge in [0.2, 0.25) is 0 Å². The highest BCUT2D eigenvalue weighted by molar-refractivity contribution is 7.98. The predicted molar refractivity (Wildman–Crippen MR) is 117 cm³/mol. The molecule has 1 amide bonds. The lowest BCUT2D eigenvalue weighted by Gasteiger charge is -2.33. The minimum atomic E-state index is 0.0363. The van der Waals surface area contributed by atoms with Crippen LogP contribution in [0.15, 0.2) is 41.6 Å². The van der Waals surface area contributed by atoms with Crippen LogP contribution in [0.3, 0.4) is 0 Å². The van der Waals surface area contributed by atoms with E-state index in [1.54, 1.807) is 22.6 Å². The topological polar surface area (TPSA) is 67.2 Å². The molecule has 0 spiro atoms. The van der Waals surface area contributed by atoms with Gasteiger partial charge in [-0.3, -0.25) is 4.79 Å². The molecule has 0 saturated carbocycles. The van der Waals surface area contributed by atoms with Crippen molar-refractivity contribution in [2.24, 2.45) is 0 Å². The van der Waals surface area contributed by atoms with E-state index in [9.17, 15) is 4.79 Å². The Hall–Kier alpha value is -2.71. The van der Waals surface area contributed by atoms with Crippen molar-refractivity contribution in [1.29, 1.82) is 0 Å². The number of rotatable bonds is 3. The van der Waals surface area contributed by atoms with Crippen molar-refractivity contribution >= 4 is 17.7 Å². The standard InChI is InChI=1S/C22H24N6OS/c1-3-26-8-10-27(11-9-26)21(29)18-13-24-28(15(18)2)22-23-12-16-14-30-19-7-5-4-6-17(19)20(16)25-22/h4-7,12-13H,3,8-11,14H2,1-2H3. The summed E-state index contributed by atoms with van der Waals surface area (Å²) in [6.45, 7) is 8.43. The Kier molecular flexibility index (Phi) is 5.04. The molecule has 0 aliphatic carbocycles. The van der Waals surface area contributed by atoms with Crippen LogP contribution < -0.4 is 0 Å². The number of benzene rings is 1. The van der Waals surface area contributed by atoms with Crippen molar-refractivity contribution in [3.8, 4) is 17.2 Å². The van der Waals surface area contributed by atoms with Crippen molar-refractivity contribution in [2.45, 2.75) is 24.5 Å². The summed E-state index contributed by atoms with van der Waals surface area (Å²) in [7, 11) is 0. The first kappa shape index (κ1) is 19.3. The molecule has 5 rings (SSSR count). The van der Waals surface area contributed by atoms with E-state index in [0.717, 1.165) is 61.0 Å². The van der Waals surface area contributed by atoms with Gasteiger partial charge < -0.3 is 9.80 Å². The number of nitrogens with zero attached hydrogens (tertiary/aromatic N) is 6. The molecule has 1 saturated heterocycles. The number of aromatic nitrogens is 4. The highest BCUT2D eigenvalue weighted by Gasteiger charge is 2.26. The second-order valence-corrected chi connectivity index (χ2v) is 8.63. The summed E-state index contributed by atoms with van der Waals surface area (Å²) in [4.78, 5) is 28.0. The van der Waals surface area contributed by atoms with Crippen LogP contribution in [0, 0.1) is 6.92 Å². The summed E-state index contributed by atoms with van der Waals surface area (Å²) in [5, 5.41) is 4.47. The molecule has 7 nitrogen and oxygen atoms in total. The number of fused-ring (bicyclic) bond motifs is 3. The van der Waals surface area contributed by atoms with Gasteiger partial charge in [-0.15, -0.1) is 11.8 Å². The van der Waals surface area contributed by atoms with Gasteiger partial charge in [-0.1, -0.05) is 25.1 Å². The zero-order valence-electron chi connectivity index (χ0n) is 17.2. The fraction of sp³-hybridized carbons (Fsp3) is 0.364. The molecular formula is C22H24N6OS. The Morgan fingerprint density at radius 3 is 2.73 bits per heavy atom. The first-order valence-electron chi connectivity index (χ1n) is 10.3. The lowest BCUT2D eigenvalue weighted by atomic mass is 10.1. The van der Waals surface area contributed by atoms with Crippen LogP contribution in [0.4, 0.5) is 0 Å². The third-order valence-electron chi connectivity index (χ3n) is 5.91. The van der Waals surface area contributed by atoms with Crippen LogP contribution in [0.2, 0.25) is 0 Å². The summed E-state index contributed by atoms with van der Waals surface area (Å²) in [6, 6.07) is 8.30. The van der Waals surface area contributed by atoms with Crippen molar-refractivity contribution in [1.82, 2.24) is 29.5 Å². The number of piperazine rings is 1. The molecule has 2 aliphatic rings. The largest absolute Gasteiger partial charge is 0.336 e. The average Bonchev–Trinajstić information content (AvgIpc) is 3.19. The van der Waals surface area contributed by atoms with Gasteiger partial charge in [-0.2, -0.15) is 5.10 Å². The van der Waals surface area contributed by atoms with E-state index >= 15 is 0 Å². The van der Waals surface area contributed by atoms with E-state index in [1.165, 1.54) is 4.90 Å². The number of amides is 1. The monoisotopic (exact) mass is 420 g/mol. The molecule has 4 heterocycles. The maximum atomic E-state index is 13.1. The fourth-order valence-electron chi connectivity index (χ4n) is 4.04. The SMILES string of the molecule is CCN1CCN(C(=O)c2cnn(-c3ncc4c(n3)-c3ccccc3SC4)c2C)CC1. The zero-order valence-corrected chi connectivity index (χ0v) is 18.0. The quantitative estimate of drug-likeness (QED) is 0.649. The first-order valence-corrected chi connectivity index (χ1v) is 11.3. The Balaban J connectivity index is 1.45. The van der Waals surface area contributed by atoms with Crippen LogP contribution in [0.25, 0.3) is 17.2 Å². The molecular weight excluding hydrogens is 396 g/mol. The van der Waals surface area contributed by atoms with Gasteiger partial charge in [0.1, 0.15) is 0 Å². The van der Waals surface area contributed by atoms with E-state index in [1.807, 2.05) is 24.1 Å². The number of hydrogen-bond donors (Lipinski definition) is 0. The van der Waals surface area contributed by atoms with Gasteiger partial charge in [-0.25, -0.2) is 14.6 Å². The third-order valence-corrected chi connectivity index (χ3v) is 7.04. The van der Waals surface area contributed by atoms with Crippen LogP contribution in [-0.2, 0) is 5.75 Å². The van der Waals surface area contributed by atoms with Crippen molar-refractivity contribution in [3.05, 3.63) is 53.5 Å². The molecule has 2 aliphatic heterocycles. The van der Waals surface area contributed by atoms with Crippen LogP contribution in [0.1, 0.15) is 28.5 Å². The summed E-state index contributed by atoms with van der Waals surface area (Å²) < 4.78 is 1.68. The predicted octanol–water partition coefficient (Wildman–Crippen LogP) is 3.02. The van der Waals surface area contributed by atoms with Crippen molar-refractivity contribution < 1.29 is 4.79 Å². The normalized spacial score (nSPS) is 16.3. The van der Waals surface area contributed by atoms with Crippen molar-refractivity contribution in [3.63, 3.8) is 0 Å². The summed E-state index contributed by atoms with van der Waals surface area (Å²) in [6.07, 6.45) is 3.53. The number of likely N-dealkylation sites (N-methyl/N-ethyl adjacent to an activating group) is 1. The molecule has 3 aromatic rings. The van der Waals surface area contributed by atoms with E-state index in [2.05, 4.69) is 40.1 Å². The Morgan fingerprint density at radius 2 is 1.93 bits per heavy atom. The molecule has 2 aromatic heterocycles. The van der Waals surface area contributed by atoms with E-state index in [4.69, 9.17) is 4.98 Å². The number of carbonyl (C=O) groups excluding carboxylic acids is 1. The Bertz CT molecular complexity index is 1100. The maximum absolute atomic E-state index is 13.1. The molecule has 8 heteroatoms. The Labute approximate surface area is 180 Å². The van der Waals surface area contributed by atoms with Crippen LogP contribution >= 0.6 is 11.8 Å². The minimum Gasteiger partial charge on any atom is -0.336 e. The molecule has 30 heavy (non-hydrogen) atoms. The fourth-order valence-corrected chi connectivity index (χ4v) is 5.06. The smallest absolute Gasteiger partial charge is 0.257 e. The number of hydrogen-bond acceptors (Lipinski definition) is 6. The Morgan fingerprint density at radius 1 is 1.13 bits per heavy atom. The van der Waals surface area contributed by atoms with Gasteiger partial charge in [0.15, 0.2) is 0 Å². The van der Waals surface area contributed by atoms with Crippen molar-refractivity contribution in [2.75, 3.05) is 32.7 Å². The lowest BCUT2D eigenvalue weighted by molar-refractivity contribution is 0.0642. The molecule has 1 fully saturated rings. The van der Waals surface area contributed by atoms with Gasteiger partial charge in [0.25, 0.3) is 11.9 Å². The van der Waals surface area contributed by atoms with Gasteiger partial charge in [0, 0.05) is 54.2 Å². The molecule has 1 aromatic carbocycles. The molecule has 0 N–H and O–H groups in total. The van der Waals surface area contributed by atoms with E-state index in [-0.39, 0.29) is 5.91 Å². The van der Waals surface area contributed by atoms with Gasteiger partial charge in [0.05, 0.1) is 23.1 Å². The molecule has 0 radical (unpaired) electrons. The second kappa shape index (κ2) is 7.85. The lowest BCUT2D eigenvalue weighted by Crippen LogP contribution is -2.48. The van der Waals surface area contributed by atoms with Gasteiger partial charge in [-0.05, 0) is 19.5 Å². The summed E-state index contributed by atoms with van der Waals surface area (Å²) in [5.41, 5.74) is 4.60.